The fourth-order valence-corrected chi connectivity index (χ4v) is 1.74. The third kappa shape index (κ3) is 1.99. The molecule has 0 radical (unpaired) electrons. The van der Waals surface area contributed by atoms with E-state index >= 15 is 0 Å². The summed E-state index contributed by atoms with van der Waals surface area (Å²) < 4.78 is 0. The van der Waals surface area contributed by atoms with Crippen LogP contribution in [0, 0.1) is 11.3 Å². The molecule has 1 aromatic heterocycles. The molecule has 0 fully saturated rings. The van der Waals surface area contributed by atoms with Crippen molar-refractivity contribution in [1.29, 1.82) is 5.26 Å². The summed E-state index contributed by atoms with van der Waals surface area (Å²) in [6.07, 6.45) is 0. The summed E-state index contributed by atoms with van der Waals surface area (Å²) in [5.41, 5.74) is 1.47. The van der Waals surface area contributed by atoms with Crippen LogP contribution in [0.4, 0.5) is 0 Å². The van der Waals surface area contributed by atoms with E-state index in [0.29, 0.717) is 5.69 Å². The summed E-state index contributed by atoms with van der Waals surface area (Å²) in [6.45, 7) is 0. The predicted molar refractivity (Wildman–Crippen MR) is 62.2 cm³/mol. The summed E-state index contributed by atoms with van der Waals surface area (Å²) in [4.78, 5) is 7.75. The van der Waals surface area contributed by atoms with Crippen molar-refractivity contribution in [3.8, 4) is 17.3 Å². The number of hydrogen-bond acceptors (Lipinski definition) is 3. The molecule has 3 nitrogen and oxygen atoms in total. The summed E-state index contributed by atoms with van der Waals surface area (Å²) in [6, 6.07) is 11.2. The second kappa shape index (κ2) is 4.48. The van der Waals surface area contributed by atoms with Gasteiger partial charge in [-0.25, -0.2) is 9.97 Å². The van der Waals surface area contributed by atoms with Crippen molar-refractivity contribution in [2.75, 3.05) is 0 Å². The van der Waals surface area contributed by atoms with E-state index in [9.17, 15) is 0 Å². The highest BCUT2D eigenvalue weighted by Crippen LogP contribution is 2.26. The number of nitrogens with zero attached hydrogens (tertiary/aromatic N) is 3. The third-order valence-electron chi connectivity index (χ3n) is 2.00. The molecule has 2 rings (SSSR count). The molecule has 78 valence electrons. The molecule has 0 unspecified atom stereocenters. The smallest absolute Gasteiger partial charge is 0.216 e. The lowest BCUT2D eigenvalue weighted by Gasteiger charge is -2.04. The Hall–Kier alpha value is -1.63. The monoisotopic (exact) mass is 249 g/mol. The van der Waals surface area contributed by atoms with Crippen LogP contribution in [0.2, 0.25) is 10.4 Å². The second-order valence-corrected chi connectivity index (χ2v) is 3.68. The van der Waals surface area contributed by atoms with Gasteiger partial charge in [-0.1, -0.05) is 41.9 Å². The van der Waals surface area contributed by atoms with E-state index < -0.39 is 0 Å². The summed E-state index contributed by atoms with van der Waals surface area (Å²) in [7, 11) is 0. The average Bonchev–Trinajstić information content (AvgIpc) is 2.29. The molecule has 0 bridgehead atoms. The van der Waals surface area contributed by atoms with Gasteiger partial charge >= 0.3 is 0 Å². The van der Waals surface area contributed by atoms with Crippen molar-refractivity contribution in [3.05, 3.63) is 46.3 Å². The van der Waals surface area contributed by atoms with E-state index in [1.807, 2.05) is 36.4 Å². The van der Waals surface area contributed by atoms with E-state index in [4.69, 9.17) is 28.5 Å². The molecule has 1 aromatic carbocycles. The minimum Gasteiger partial charge on any atom is -0.216 e. The highest BCUT2D eigenvalue weighted by molar-refractivity contribution is 6.33. The quantitative estimate of drug-likeness (QED) is 0.576. The molecule has 5 heteroatoms. The summed E-state index contributed by atoms with van der Waals surface area (Å²) >= 11 is 11.5. The van der Waals surface area contributed by atoms with E-state index in [1.54, 1.807) is 0 Å². The Bertz CT molecular complexity index is 561. The number of aromatic nitrogens is 2. The first-order valence-corrected chi connectivity index (χ1v) is 5.16. The van der Waals surface area contributed by atoms with Crippen LogP contribution in [-0.4, -0.2) is 9.97 Å². The number of hydrogen-bond donors (Lipinski definition) is 0. The molecule has 0 N–H and O–H groups in total. The van der Waals surface area contributed by atoms with Crippen molar-refractivity contribution >= 4 is 23.2 Å². The predicted octanol–water partition coefficient (Wildman–Crippen LogP) is 3.32. The van der Waals surface area contributed by atoms with Gasteiger partial charge in [0.25, 0.3) is 0 Å². The molecule has 16 heavy (non-hydrogen) atoms. The van der Waals surface area contributed by atoms with Gasteiger partial charge in [-0.3, -0.25) is 0 Å². The van der Waals surface area contributed by atoms with Crippen LogP contribution < -0.4 is 0 Å². The molecule has 0 saturated heterocycles. The Balaban J connectivity index is 2.70. The summed E-state index contributed by atoms with van der Waals surface area (Å²) in [5.74, 6) is 0. The van der Waals surface area contributed by atoms with Crippen LogP contribution in [0.15, 0.2) is 30.3 Å². The average molecular weight is 250 g/mol. The number of rotatable bonds is 1. The highest BCUT2D eigenvalue weighted by Gasteiger charge is 2.13. The Morgan fingerprint density at radius 2 is 1.75 bits per heavy atom. The first-order chi connectivity index (χ1) is 7.72. The SMILES string of the molecule is N#Cc1c(Cl)nc(Cl)nc1-c1ccccc1. The maximum absolute atomic E-state index is 8.99. The van der Waals surface area contributed by atoms with Gasteiger partial charge in [0.05, 0.1) is 5.69 Å². The normalized spacial score (nSPS) is 9.81. The van der Waals surface area contributed by atoms with Gasteiger partial charge < -0.3 is 0 Å². The molecular weight excluding hydrogens is 245 g/mol. The van der Waals surface area contributed by atoms with Crippen molar-refractivity contribution < 1.29 is 0 Å². The Morgan fingerprint density at radius 3 is 2.38 bits per heavy atom. The van der Waals surface area contributed by atoms with Crippen molar-refractivity contribution in [1.82, 2.24) is 9.97 Å². The fraction of sp³-hybridized carbons (Fsp3) is 0. The van der Waals surface area contributed by atoms with Gasteiger partial charge in [-0.05, 0) is 11.6 Å². The van der Waals surface area contributed by atoms with Crippen LogP contribution in [-0.2, 0) is 0 Å². The molecule has 0 saturated carbocycles. The van der Waals surface area contributed by atoms with E-state index in [2.05, 4.69) is 9.97 Å². The minimum absolute atomic E-state index is 0.0304. The molecular formula is C11H5Cl2N3. The van der Waals surface area contributed by atoms with Gasteiger partial charge in [-0.15, -0.1) is 0 Å². The topological polar surface area (TPSA) is 49.6 Å². The first kappa shape index (κ1) is 10.9. The summed E-state index contributed by atoms with van der Waals surface area (Å²) in [5, 5.41) is 9.10. The molecule has 0 aliphatic heterocycles. The minimum atomic E-state index is 0.0304. The number of halogens is 2. The van der Waals surface area contributed by atoms with Crippen LogP contribution in [0.3, 0.4) is 0 Å². The molecule has 1 heterocycles. The number of nitriles is 1. The Morgan fingerprint density at radius 1 is 1.06 bits per heavy atom. The zero-order valence-electron chi connectivity index (χ0n) is 7.98. The maximum atomic E-state index is 8.99. The van der Waals surface area contributed by atoms with E-state index in [1.165, 1.54) is 0 Å². The maximum Gasteiger partial charge on any atom is 0.224 e. The molecule has 0 amide bonds. The van der Waals surface area contributed by atoms with Crippen LogP contribution >= 0.6 is 23.2 Å². The Kier molecular flexibility index (Phi) is 3.04. The van der Waals surface area contributed by atoms with Crippen LogP contribution in [0.25, 0.3) is 11.3 Å². The van der Waals surface area contributed by atoms with Gasteiger partial charge in [0.1, 0.15) is 11.6 Å². The van der Waals surface area contributed by atoms with Crippen LogP contribution in [0.1, 0.15) is 5.56 Å². The van der Waals surface area contributed by atoms with E-state index in [-0.39, 0.29) is 16.0 Å². The molecule has 0 spiro atoms. The number of benzene rings is 1. The third-order valence-corrected chi connectivity index (χ3v) is 2.44. The van der Waals surface area contributed by atoms with E-state index in [0.717, 1.165) is 5.56 Å². The van der Waals surface area contributed by atoms with Gasteiger partial charge in [0, 0.05) is 5.56 Å². The second-order valence-electron chi connectivity index (χ2n) is 2.98. The molecule has 0 aliphatic rings. The van der Waals surface area contributed by atoms with Gasteiger partial charge in [-0.2, -0.15) is 5.26 Å². The van der Waals surface area contributed by atoms with Crippen molar-refractivity contribution in [3.63, 3.8) is 0 Å². The molecule has 0 aliphatic carbocycles. The van der Waals surface area contributed by atoms with Crippen molar-refractivity contribution in [2.24, 2.45) is 0 Å². The van der Waals surface area contributed by atoms with Gasteiger partial charge in [0.2, 0.25) is 5.28 Å². The first-order valence-electron chi connectivity index (χ1n) is 4.41. The van der Waals surface area contributed by atoms with Crippen LogP contribution in [0.5, 0.6) is 0 Å². The molecule has 2 aromatic rings. The largest absolute Gasteiger partial charge is 0.224 e. The van der Waals surface area contributed by atoms with Gasteiger partial charge in [0.15, 0.2) is 5.15 Å². The lowest BCUT2D eigenvalue weighted by atomic mass is 10.1. The standard InChI is InChI=1S/C11H5Cl2N3/c12-10-8(6-14)9(15-11(13)16-10)7-4-2-1-3-5-7/h1-5H. The zero-order valence-corrected chi connectivity index (χ0v) is 9.50. The fourth-order valence-electron chi connectivity index (χ4n) is 1.31. The Labute approximate surface area is 102 Å². The lowest BCUT2D eigenvalue weighted by molar-refractivity contribution is 1.16. The zero-order chi connectivity index (χ0) is 11.5. The lowest BCUT2D eigenvalue weighted by Crippen LogP contribution is -1.94. The van der Waals surface area contributed by atoms with Crippen molar-refractivity contribution in [2.45, 2.75) is 0 Å². The molecule has 0 atom stereocenters. The highest BCUT2D eigenvalue weighted by atomic mass is 35.5.